The number of hydrogen-bond donors (Lipinski definition) is 0. The Morgan fingerprint density at radius 3 is 2.48 bits per heavy atom. The summed E-state index contributed by atoms with van der Waals surface area (Å²) in [6.45, 7) is 0.840. The lowest BCUT2D eigenvalue weighted by Crippen LogP contribution is -2.51. The molecular weight excluding hydrogens is 483 g/mol. The van der Waals surface area contributed by atoms with E-state index in [-0.39, 0.29) is 33.0 Å². The van der Waals surface area contributed by atoms with Crippen LogP contribution in [0.25, 0.3) is 0 Å². The van der Waals surface area contributed by atoms with E-state index in [2.05, 4.69) is 0 Å². The molecule has 1 aliphatic carbocycles. The Kier molecular flexibility index (Phi) is 7.53. The highest BCUT2D eigenvalue weighted by atomic mass is 35.5. The summed E-state index contributed by atoms with van der Waals surface area (Å²) in [6.07, 6.45) is 4.14. The van der Waals surface area contributed by atoms with Crippen LogP contribution in [-0.2, 0) is 10.0 Å². The minimum atomic E-state index is -3.92. The molecule has 6 nitrogen and oxygen atoms in total. The second-order valence-corrected chi connectivity index (χ2v) is 11.2. The number of nitrogens with zero attached hydrogens (tertiary/aromatic N) is 2. The Hall–Kier alpha value is -1.80. The minimum absolute atomic E-state index is 0.0146. The molecule has 1 fully saturated rings. The van der Waals surface area contributed by atoms with Gasteiger partial charge in [-0.1, -0.05) is 47.8 Å². The van der Waals surface area contributed by atoms with Crippen molar-refractivity contribution in [3.63, 3.8) is 0 Å². The molecule has 4 rings (SSSR count). The number of halogens is 2. The number of ether oxygens (including phenoxy) is 1. The third-order valence-electron chi connectivity index (χ3n) is 6.40. The zero-order valence-corrected chi connectivity index (χ0v) is 20.9. The summed E-state index contributed by atoms with van der Waals surface area (Å²) < 4.78 is 35.7. The van der Waals surface area contributed by atoms with Crippen LogP contribution in [0.2, 0.25) is 10.0 Å². The van der Waals surface area contributed by atoms with E-state index >= 15 is 0 Å². The molecule has 2 atom stereocenters. The lowest BCUT2D eigenvalue weighted by Gasteiger charge is -2.40. The van der Waals surface area contributed by atoms with Crippen LogP contribution >= 0.6 is 23.2 Å². The van der Waals surface area contributed by atoms with Gasteiger partial charge in [0.1, 0.15) is 16.7 Å². The molecule has 0 spiro atoms. The average Bonchev–Trinajstić information content (AvgIpc) is 2.80. The quantitative estimate of drug-likeness (QED) is 0.553. The summed E-state index contributed by atoms with van der Waals surface area (Å²) in [5.41, 5.74) is 0.497. The Morgan fingerprint density at radius 1 is 0.939 bits per heavy atom. The van der Waals surface area contributed by atoms with E-state index in [1.54, 1.807) is 40.5 Å². The molecule has 0 unspecified atom stereocenters. The second-order valence-electron chi connectivity index (χ2n) is 8.61. The summed E-state index contributed by atoms with van der Waals surface area (Å²) in [5, 5.41) is 0.242. The normalized spacial score (nSPS) is 23.0. The lowest BCUT2D eigenvalue weighted by atomic mass is 9.92. The molecule has 2 aromatic rings. The van der Waals surface area contributed by atoms with Crippen LogP contribution in [0.4, 0.5) is 0 Å². The summed E-state index contributed by atoms with van der Waals surface area (Å²) >= 11 is 12.5. The molecule has 0 aromatic heterocycles. The van der Waals surface area contributed by atoms with Gasteiger partial charge in [-0.05, 0) is 56.4 Å². The topological polar surface area (TPSA) is 66.9 Å². The van der Waals surface area contributed by atoms with Gasteiger partial charge < -0.3 is 9.64 Å². The van der Waals surface area contributed by atoms with Gasteiger partial charge in [-0.2, -0.15) is 4.31 Å². The molecule has 178 valence electrons. The minimum Gasteiger partial charge on any atom is -0.488 e. The third kappa shape index (κ3) is 5.02. The van der Waals surface area contributed by atoms with Crippen molar-refractivity contribution in [2.24, 2.45) is 0 Å². The lowest BCUT2D eigenvalue weighted by molar-refractivity contribution is 0.0658. The molecular formula is C24H28Cl2N2O4S. The smallest absolute Gasteiger partial charge is 0.257 e. The number of amides is 1. The molecule has 1 saturated carbocycles. The highest BCUT2D eigenvalue weighted by molar-refractivity contribution is 7.89. The Morgan fingerprint density at radius 2 is 1.67 bits per heavy atom. The van der Waals surface area contributed by atoms with E-state index in [4.69, 9.17) is 27.9 Å². The Bertz CT molecular complexity index is 1130. The van der Waals surface area contributed by atoms with Gasteiger partial charge in [0, 0.05) is 20.1 Å². The van der Waals surface area contributed by atoms with Gasteiger partial charge in [0.2, 0.25) is 10.0 Å². The summed E-state index contributed by atoms with van der Waals surface area (Å²) in [4.78, 5) is 14.7. The van der Waals surface area contributed by atoms with E-state index in [9.17, 15) is 13.2 Å². The molecule has 2 aliphatic rings. The highest BCUT2D eigenvalue weighted by Crippen LogP contribution is 2.36. The Balaban J connectivity index is 1.77. The number of para-hydroxylation sites is 1. The van der Waals surface area contributed by atoms with Gasteiger partial charge in [0.25, 0.3) is 5.91 Å². The molecule has 0 saturated heterocycles. The van der Waals surface area contributed by atoms with Gasteiger partial charge in [-0.25, -0.2) is 8.42 Å². The van der Waals surface area contributed by atoms with Crippen LogP contribution in [-0.4, -0.2) is 55.8 Å². The molecule has 1 heterocycles. The van der Waals surface area contributed by atoms with Crippen molar-refractivity contribution in [1.29, 1.82) is 0 Å². The largest absolute Gasteiger partial charge is 0.488 e. The monoisotopic (exact) mass is 510 g/mol. The van der Waals surface area contributed by atoms with Crippen molar-refractivity contribution in [1.82, 2.24) is 9.21 Å². The summed E-state index contributed by atoms with van der Waals surface area (Å²) in [5.74, 6) is 0.402. The van der Waals surface area contributed by atoms with Crippen molar-refractivity contribution in [2.45, 2.75) is 55.6 Å². The van der Waals surface area contributed by atoms with E-state index in [1.165, 1.54) is 6.07 Å². The van der Waals surface area contributed by atoms with Crippen LogP contribution in [0, 0.1) is 0 Å². The fourth-order valence-corrected chi connectivity index (χ4v) is 7.11. The van der Waals surface area contributed by atoms with Crippen molar-refractivity contribution < 1.29 is 17.9 Å². The van der Waals surface area contributed by atoms with E-state index < -0.39 is 10.0 Å². The number of rotatable bonds is 2. The fraction of sp³-hybridized carbons (Fsp3) is 0.458. The number of hydrogen-bond acceptors (Lipinski definition) is 4. The molecule has 0 N–H and O–H groups in total. The number of sulfonamides is 1. The van der Waals surface area contributed by atoms with E-state index in [0.29, 0.717) is 50.1 Å². The van der Waals surface area contributed by atoms with Gasteiger partial charge in [-0.15, -0.1) is 0 Å². The van der Waals surface area contributed by atoms with E-state index in [1.807, 2.05) is 12.1 Å². The summed E-state index contributed by atoms with van der Waals surface area (Å²) in [6, 6.07) is 11.5. The van der Waals surface area contributed by atoms with Crippen molar-refractivity contribution in [3.8, 4) is 5.75 Å². The van der Waals surface area contributed by atoms with Crippen LogP contribution in [0.5, 0.6) is 5.75 Å². The van der Waals surface area contributed by atoms with Gasteiger partial charge >= 0.3 is 0 Å². The maximum Gasteiger partial charge on any atom is 0.257 e. The number of carbonyl (C=O) groups excluding carboxylic acids is 1. The van der Waals surface area contributed by atoms with Gasteiger partial charge in [-0.3, -0.25) is 4.79 Å². The first-order valence-corrected chi connectivity index (χ1v) is 13.5. The number of carbonyl (C=O) groups is 1. The first-order chi connectivity index (χ1) is 15.8. The first kappa shape index (κ1) is 24.3. The molecule has 33 heavy (non-hydrogen) atoms. The van der Waals surface area contributed by atoms with Crippen molar-refractivity contribution >= 4 is 39.1 Å². The van der Waals surface area contributed by atoms with E-state index in [0.717, 1.165) is 12.8 Å². The molecule has 0 bridgehead atoms. The molecule has 9 heteroatoms. The predicted molar refractivity (Wildman–Crippen MR) is 130 cm³/mol. The Labute approximate surface area is 205 Å². The molecule has 1 aliphatic heterocycles. The zero-order valence-electron chi connectivity index (χ0n) is 18.5. The predicted octanol–water partition coefficient (Wildman–Crippen LogP) is 5.24. The summed E-state index contributed by atoms with van der Waals surface area (Å²) in [7, 11) is -2.16. The maximum atomic E-state index is 13.9. The standard InChI is InChI=1S/C24H28Cl2N2O4S/c1-27-15-6-7-16-28(33(30,31)22-14-8-10-18(25)23(22)26)19-11-3-5-13-21(19)32-20-12-4-2-9-17(20)24(27)29/h2,4,8-10,12,14,19,21H,3,5-7,11,13,15-16H2,1H3/t19-,21+/m1/s1. The van der Waals surface area contributed by atoms with Crippen LogP contribution < -0.4 is 4.74 Å². The van der Waals surface area contributed by atoms with Crippen LogP contribution in [0.15, 0.2) is 47.4 Å². The van der Waals surface area contributed by atoms with Crippen LogP contribution in [0.3, 0.4) is 0 Å². The van der Waals surface area contributed by atoms with Gasteiger partial charge in [0.05, 0.1) is 21.7 Å². The number of fused-ring (bicyclic) bond motifs is 2. The maximum absolute atomic E-state index is 13.9. The van der Waals surface area contributed by atoms with Crippen molar-refractivity contribution in [3.05, 3.63) is 58.1 Å². The fourth-order valence-electron chi connectivity index (χ4n) is 4.65. The second kappa shape index (κ2) is 10.2. The van der Waals surface area contributed by atoms with Crippen LogP contribution in [0.1, 0.15) is 48.9 Å². The first-order valence-electron chi connectivity index (χ1n) is 11.3. The van der Waals surface area contributed by atoms with Crippen molar-refractivity contribution in [2.75, 3.05) is 20.1 Å². The SMILES string of the molecule is CN1CCCCN(S(=O)(=O)c2cccc(Cl)c2Cl)[C@@H]2CCCC[C@@H]2Oc2ccccc2C1=O. The third-order valence-corrected chi connectivity index (χ3v) is 9.30. The van der Waals surface area contributed by atoms with Gasteiger partial charge in [0.15, 0.2) is 0 Å². The average molecular weight is 511 g/mol. The zero-order chi connectivity index (χ0) is 23.6. The number of benzene rings is 2. The molecule has 0 radical (unpaired) electrons. The molecule has 2 aromatic carbocycles. The highest BCUT2D eigenvalue weighted by Gasteiger charge is 2.40. The molecule has 1 amide bonds.